The van der Waals surface area contributed by atoms with Crippen LogP contribution in [0, 0.1) is 0 Å². The molecule has 1 N–H and O–H groups in total. The van der Waals surface area contributed by atoms with Gasteiger partial charge in [-0.25, -0.2) is 4.79 Å². The zero-order valence-electron chi connectivity index (χ0n) is 12.1. The predicted molar refractivity (Wildman–Crippen MR) is 80.2 cm³/mol. The molecule has 1 spiro atoms. The van der Waals surface area contributed by atoms with Crippen molar-refractivity contribution in [3.63, 3.8) is 0 Å². The molecule has 1 aliphatic heterocycles. The molecule has 0 aromatic carbocycles. The molecule has 0 unspecified atom stereocenters. The Morgan fingerprint density at radius 3 is 2.81 bits per heavy atom. The van der Waals surface area contributed by atoms with Gasteiger partial charge in [0, 0.05) is 12.0 Å². The van der Waals surface area contributed by atoms with E-state index in [0.29, 0.717) is 18.6 Å². The molecule has 1 aliphatic carbocycles. The van der Waals surface area contributed by atoms with Crippen molar-refractivity contribution in [2.45, 2.75) is 51.0 Å². The molecule has 6 heteroatoms. The molecular formula is C15H20ClNO4. The van der Waals surface area contributed by atoms with Gasteiger partial charge in [0.25, 0.3) is 0 Å². The molecule has 0 amide bonds. The second-order valence-corrected chi connectivity index (χ2v) is 5.58. The molecule has 1 saturated carbocycles. The number of nitrogens with zero attached hydrogens (tertiary/aromatic N) is 1. The molecular weight excluding hydrogens is 294 g/mol. The fourth-order valence-corrected chi connectivity index (χ4v) is 2.93. The molecule has 0 aromatic heterocycles. The first kappa shape index (κ1) is 15.9. The number of carbonyl (C=O) groups is 1. The highest BCUT2D eigenvalue weighted by Gasteiger charge is 2.44. The highest BCUT2D eigenvalue weighted by molar-refractivity contribution is 6.25. The van der Waals surface area contributed by atoms with E-state index in [0.717, 1.165) is 25.7 Å². The second kappa shape index (κ2) is 6.98. The van der Waals surface area contributed by atoms with E-state index in [9.17, 15) is 9.90 Å². The van der Waals surface area contributed by atoms with Gasteiger partial charge in [-0.15, -0.1) is 0 Å². The molecule has 0 saturated heterocycles. The van der Waals surface area contributed by atoms with Gasteiger partial charge in [-0.2, -0.15) is 0 Å². The minimum atomic E-state index is -0.508. The summed E-state index contributed by atoms with van der Waals surface area (Å²) in [6.07, 6.45) is 6.09. The topological polar surface area (TPSA) is 68.1 Å². The van der Waals surface area contributed by atoms with Crippen molar-refractivity contribution in [1.29, 1.82) is 0 Å². The smallest absolute Gasteiger partial charge is 0.344 e. The number of halogens is 1. The molecule has 0 aromatic rings. The van der Waals surface area contributed by atoms with E-state index in [1.807, 2.05) is 6.92 Å². The molecule has 1 fully saturated rings. The number of hydrogen-bond donors (Lipinski definition) is 1. The Bertz CT molecular complexity index is 490. The first-order valence-electron chi connectivity index (χ1n) is 7.22. The molecule has 2 rings (SSSR count). The maximum atomic E-state index is 12.2. The summed E-state index contributed by atoms with van der Waals surface area (Å²) < 4.78 is 5.60. The molecule has 5 nitrogen and oxygen atoms in total. The predicted octanol–water partition coefficient (Wildman–Crippen LogP) is 3.59. The fraction of sp³-hybridized carbons (Fsp3) is 0.600. The van der Waals surface area contributed by atoms with Crippen LogP contribution in [0.15, 0.2) is 28.1 Å². The first-order chi connectivity index (χ1) is 10.1. The summed E-state index contributed by atoms with van der Waals surface area (Å²) in [6, 6.07) is 0. The third kappa shape index (κ3) is 3.59. The van der Waals surface area contributed by atoms with Crippen LogP contribution in [0.1, 0.15) is 45.4 Å². The van der Waals surface area contributed by atoms with E-state index in [1.54, 1.807) is 6.08 Å². The number of carbonyl (C=O) groups excluding carboxylic acids is 1. The molecule has 1 heterocycles. The number of ether oxygens (including phenoxy) is 1. The summed E-state index contributed by atoms with van der Waals surface area (Å²) in [7, 11) is 0. The number of hydrogen-bond acceptors (Lipinski definition) is 5. The van der Waals surface area contributed by atoms with E-state index < -0.39 is 11.6 Å². The minimum Gasteiger partial charge on any atom is -0.511 e. The lowest BCUT2D eigenvalue weighted by atomic mass is 9.90. The van der Waals surface area contributed by atoms with Gasteiger partial charge in [0.1, 0.15) is 23.5 Å². The van der Waals surface area contributed by atoms with Crippen LogP contribution in [0.2, 0.25) is 0 Å². The van der Waals surface area contributed by atoms with E-state index in [-0.39, 0.29) is 17.9 Å². The molecule has 0 radical (unpaired) electrons. The molecule has 116 valence electrons. The highest BCUT2D eigenvalue weighted by Crippen LogP contribution is 2.42. The average Bonchev–Trinajstić information content (AvgIpc) is 2.88. The van der Waals surface area contributed by atoms with E-state index in [2.05, 4.69) is 5.16 Å². The number of aliphatic hydroxyl groups excluding tert-OH is 1. The summed E-state index contributed by atoms with van der Waals surface area (Å²) in [6.45, 7) is 2.05. The van der Waals surface area contributed by atoms with E-state index in [4.69, 9.17) is 21.2 Å². The van der Waals surface area contributed by atoms with Crippen molar-refractivity contribution in [2.75, 3.05) is 6.61 Å². The Balaban J connectivity index is 2.18. The Hall–Kier alpha value is -1.49. The van der Waals surface area contributed by atoms with Crippen LogP contribution < -0.4 is 0 Å². The third-order valence-corrected chi connectivity index (χ3v) is 4.04. The van der Waals surface area contributed by atoms with Gasteiger partial charge in [-0.05, 0) is 38.2 Å². The zero-order valence-corrected chi connectivity index (χ0v) is 12.9. The number of esters is 1. The number of oxime groups is 1. The first-order valence-corrected chi connectivity index (χ1v) is 7.65. The Morgan fingerprint density at radius 2 is 2.24 bits per heavy atom. The second-order valence-electron chi connectivity index (χ2n) is 5.33. The van der Waals surface area contributed by atoms with Gasteiger partial charge in [0.15, 0.2) is 0 Å². The summed E-state index contributed by atoms with van der Waals surface area (Å²) >= 11 is 5.38. The van der Waals surface area contributed by atoms with E-state index >= 15 is 0 Å². The monoisotopic (exact) mass is 313 g/mol. The number of aliphatic hydroxyl groups is 1. The van der Waals surface area contributed by atoms with Gasteiger partial charge in [-0.3, -0.25) is 0 Å². The average molecular weight is 314 g/mol. The largest absolute Gasteiger partial charge is 0.511 e. The number of rotatable bonds is 5. The van der Waals surface area contributed by atoms with Crippen molar-refractivity contribution >= 4 is 23.3 Å². The Kier molecular flexibility index (Phi) is 5.28. The van der Waals surface area contributed by atoms with Gasteiger partial charge >= 0.3 is 5.97 Å². The lowest BCUT2D eigenvalue weighted by Crippen LogP contribution is -2.39. The van der Waals surface area contributed by atoms with Gasteiger partial charge in [-0.1, -0.05) is 23.7 Å². The Labute approximate surface area is 129 Å². The quantitative estimate of drug-likeness (QED) is 0.364. The van der Waals surface area contributed by atoms with Crippen LogP contribution >= 0.6 is 11.6 Å². The highest BCUT2D eigenvalue weighted by atomic mass is 35.5. The van der Waals surface area contributed by atoms with Crippen molar-refractivity contribution in [3.8, 4) is 0 Å². The molecule has 0 atom stereocenters. The SMILES string of the molecule is CCC(=NOCC=CCl)C1=C(O)CC2(CCCC2)OC1=O. The maximum Gasteiger partial charge on any atom is 0.344 e. The van der Waals surface area contributed by atoms with Crippen molar-refractivity contribution in [1.82, 2.24) is 0 Å². The molecule has 0 bridgehead atoms. The van der Waals surface area contributed by atoms with Crippen LogP contribution in [0.25, 0.3) is 0 Å². The summed E-state index contributed by atoms with van der Waals surface area (Å²) in [4.78, 5) is 17.3. The summed E-state index contributed by atoms with van der Waals surface area (Å²) in [5.74, 6) is -0.442. The van der Waals surface area contributed by atoms with Gasteiger partial charge in [0.05, 0.1) is 5.71 Å². The Morgan fingerprint density at radius 1 is 1.52 bits per heavy atom. The van der Waals surface area contributed by atoms with Crippen LogP contribution in [0.3, 0.4) is 0 Å². The van der Waals surface area contributed by atoms with Crippen LogP contribution in [0.4, 0.5) is 0 Å². The van der Waals surface area contributed by atoms with Crippen LogP contribution in [-0.4, -0.2) is 29.0 Å². The third-order valence-electron chi connectivity index (χ3n) is 3.86. The van der Waals surface area contributed by atoms with Crippen molar-refractivity contribution < 1.29 is 19.5 Å². The van der Waals surface area contributed by atoms with Crippen LogP contribution in [0.5, 0.6) is 0 Å². The normalized spacial score (nSPS) is 22.2. The molecule has 2 aliphatic rings. The maximum absolute atomic E-state index is 12.2. The molecule has 21 heavy (non-hydrogen) atoms. The minimum absolute atomic E-state index is 0.0604. The summed E-state index contributed by atoms with van der Waals surface area (Å²) in [5.41, 5.74) is 1.36. The van der Waals surface area contributed by atoms with E-state index in [1.165, 1.54) is 5.54 Å². The van der Waals surface area contributed by atoms with Crippen molar-refractivity contribution in [2.24, 2.45) is 5.16 Å². The standard InChI is InChI=1S/C15H20ClNO4/c1-2-11(17-20-9-5-8-16)13-12(18)10-15(21-14(13)19)6-3-4-7-15/h5,8,18H,2-4,6-7,9-10H2,1H3. The van der Waals surface area contributed by atoms with Gasteiger partial charge in [0.2, 0.25) is 0 Å². The lowest BCUT2D eigenvalue weighted by molar-refractivity contribution is -0.157. The zero-order chi connectivity index (χ0) is 15.3. The summed E-state index contributed by atoms with van der Waals surface area (Å²) in [5, 5.41) is 14.2. The van der Waals surface area contributed by atoms with Crippen molar-refractivity contribution in [3.05, 3.63) is 22.9 Å². The van der Waals surface area contributed by atoms with Crippen LogP contribution in [-0.2, 0) is 14.4 Å². The fourth-order valence-electron chi connectivity index (χ4n) is 2.86. The lowest BCUT2D eigenvalue weighted by Gasteiger charge is -2.33. The van der Waals surface area contributed by atoms with Gasteiger partial charge < -0.3 is 14.7 Å².